The highest BCUT2D eigenvalue weighted by atomic mass is 16.5. The minimum atomic E-state index is 0.667. The van der Waals surface area contributed by atoms with Gasteiger partial charge in [-0.3, -0.25) is 4.99 Å². The molecule has 1 aromatic carbocycles. The van der Waals surface area contributed by atoms with E-state index in [2.05, 4.69) is 22.2 Å². The number of para-hydroxylation sites is 1. The van der Waals surface area contributed by atoms with Crippen LogP contribution in [0.15, 0.2) is 41.9 Å². The van der Waals surface area contributed by atoms with Crippen molar-refractivity contribution in [2.75, 3.05) is 20.7 Å². The fourth-order valence-corrected chi connectivity index (χ4v) is 1.42. The standard InChI is InChI=1S/C13H19N3O/c1-4-9-15-13(14-2)16-10-11-7-5-6-8-12(11)17-3/h4-8H,1,9-10H2,2-3H3,(H2,14,15,16). The molecule has 0 spiro atoms. The van der Waals surface area contributed by atoms with Gasteiger partial charge in [0.25, 0.3) is 0 Å². The summed E-state index contributed by atoms with van der Waals surface area (Å²) in [5, 5.41) is 6.31. The van der Waals surface area contributed by atoms with E-state index in [9.17, 15) is 0 Å². The lowest BCUT2D eigenvalue weighted by Gasteiger charge is -2.12. The fraction of sp³-hybridized carbons (Fsp3) is 0.308. The molecule has 0 saturated carbocycles. The number of rotatable bonds is 5. The van der Waals surface area contributed by atoms with Crippen molar-refractivity contribution >= 4 is 5.96 Å². The monoisotopic (exact) mass is 233 g/mol. The number of aliphatic imine (C=N–C) groups is 1. The first kappa shape index (κ1) is 13.1. The molecular formula is C13H19N3O. The van der Waals surface area contributed by atoms with E-state index >= 15 is 0 Å². The normalized spacial score (nSPS) is 10.8. The number of nitrogens with zero attached hydrogens (tertiary/aromatic N) is 1. The molecule has 0 aliphatic carbocycles. The highest BCUT2D eigenvalue weighted by molar-refractivity contribution is 5.79. The quantitative estimate of drug-likeness (QED) is 0.461. The van der Waals surface area contributed by atoms with Crippen LogP contribution >= 0.6 is 0 Å². The van der Waals surface area contributed by atoms with Crippen LogP contribution in [-0.4, -0.2) is 26.7 Å². The van der Waals surface area contributed by atoms with Gasteiger partial charge in [-0.2, -0.15) is 0 Å². The number of nitrogens with one attached hydrogen (secondary N) is 2. The summed E-state index contributed by atoms with van der Waals surface area (Å²) in [6.07, 6.45) is 1.79. The minimum Gasteiger partial charge on any atom is -0.496 e. The summed E-state index contributed by atoms with van der Waals surface area (Å²) in [6.45, 7) is 5.00. The van der Waals surface area contributed by atoms with Crippen LogP contribution in [0.1, 0.15) is 5.56 Å². The van der Waals surface area contributed by atoms with Gasteiger partial charge < -0.3 is 15.4 Å². The van der Waals surface area contributed by atoms with Crippen molar-refractivity contribution in [2.24, 2.45) is 4.99 Å². The molecule has 4 nitrogen and oxygen atoms in total. The lowest BCUT2D eigenvalue weighted by molar-refractivity contribution is 0.409. The Balaban J connectivity index is 2.56. The summed E-state index contributed by atoms with van der Waals surface area (Å²) >= 11 is 0. The van der Waals surface area contributed by atoms with Crippen LogP contribution in [0.3, 0.4) is 0 Å². The summed E-state index contributed by atoms with van der Waals surface area (Å²) in [5.74, 6) is 1.62. The van der Waals surface area contributed by atoms with Gasteiger partial charge in [-0.1, -0.05) is 24.3 Å². The lowest BCUT2D eigenvalue weighted by atomic mass is 10.2. The van der Waals surface area contributed by atoms with Crippen LogP contribution in [-0.2, 0) is 6.54 Å². The maximum absolute atomic E-state index is 5.28. The van der Waals surface area contributed by atoms with Gasteiger partial charge in [0.15, 0.2) is 5.96 Å². The van der Waals surface area contributed by atoms with Crippen molar-refractivity contribution in [3.63, 3.8) is 0 Å². The van der Waals surface area contributed by atoms with E-state index in [-0.39, 0.29) is 0 Å². The van der Waals surface area contributed by atoms with Crippen LogP contribution in [0.5, 0.6) is 5.75 Å². The Kier molecular flexibility index (Phi) is 5.64. The molecular weight excluding hydrogens is 214 g/mol. The van der Waals surface area contributed by atoms with Gasteiger partial charge in [0.1, 0.15) is 5.75 Å². The molecule has 0 amide bonds. The van der Waals surface area contributed by atoms with E-state index in [1.807, 2.05) is 24.3 Å². The molecule has 1 rings (SSSR count). The van der Waals surface area contributed by atoms with E-state index in [0.29, 0.717) is 13.1 Å². The average Bonchev–Trinajstić information content (AvgIpc) is 2.39. The van der Waals surface area contributed by atoms with Gasteiger partial charge in [0, 0.05) is 25.7 Å². The molecule has 0 unspecified atom stereocenters. The van der Waals surface area contributed by atoms with Crippen LogP contribution in [0.4, 0.5) is 0 Å². The molecule has 0 aliphatic heterocycles. The van der Waals surface area contributed by atoms with E-state index in [4.69, 9.17) is 4.74 Å². The van der Waals surface area contributed by atoms with Gasteiger partial charge in [-0.15, -0.1) is 6.58 Å². The molecule has 0 aromatic heterocycles. The van der Waals surface area contributed by atoms with Gasteiger partial charge >= 0.3 is 0 Å². The average molecular weight is 233 g/mol. The zero-order valence-electron chi connectivity index (χ0n) is 10.4. The Bertz CT molecular complexity index is 388. The highest BCUT2D eigenvalue weighted by Crippen LogP contribution is 2.16. The number of benzene rings is 1. The summed E-state index contributed by atoms with van der Waals surface area (Å²) < 4.78 is 5.28. The lowest BCUT2D eigenvalue weighted by Crippen LogP contribution is -2.36. The van der Waals surface area contributed by atoms with Crippen molar-refractivity contribution in [3.8, 4) is 5.75 Å². The zero-order valence-corrected chi connectivity index (χ0v) is 10.4. The topological polar surface area (TPSA) is 45.7 Å². The van der Waals surface area contributed by atoms with E-state index in [1.165, 1.54) is 0 Å². The van der Waals surface area contributed by atoms with Crippen molar-refractivity contribution in [2.45, 2.75) is 6.54 Å². The number of ether oxygens (including phenoxy) is 1. The summed E-state index contributed by atoms with van der Waals surface area (Å²) in [6, 6.07) is 7.90. The zero-order chi connectivity index (χ0) is 12.5. The molecule has 4 heteroatoms. The second-order valence-electron chi connectivity index (χ2n) is 3.41. The number of methoxy groups -OCH3 is 1. The van der Waals surface area contributed by atoms with Crippen LogP contribution in [0.25, 0.3) is 0 Å². The smallest absolute Gasteiger partial charge is 0.191 e. The Hall–Kier alpha value is -1.97. The third kappa shape index (κ3) is 4.18. The first-order chi connectivity index (χ1) is 8.31. The summed E-state index contributed by atoms with van der Waals surface area (Å²) in [7, 11) is 3.41. The SMILES string of the molecule is C=CCNC(=NC)NCc1ccccc1OC. The number of guanidine groups is 1. The second-order valence-corrected chi connectivity index (χ2v) is 3.41. The Morgan fingerprint density at radius 1 is 1.41 bits per heavy atom. The molecule has 2 N–H and O–H groups in total. The second kappa shape index (κ2) is 7.33. The molecule has 92 valence electrons. The molecule has 1 aromatic rings. The first-order valence-corrected chi connectivity index (χ1v) is 5.49. The van der Waals surface area contributed by atoms with E-state index in [1.54, 1.807) is 20.2 Å². The van der Waals surface area contributed by atoms with Crippen molar-refractivity contribution in [1.82, 2.24) is 10.6 Å². The molecule has 0 aliphatic rings. The van der Waals surface area contributed by atoms with Crippen LogP contribution < -0.4 is 15.4 Å². The third-order valence-electron chi connectivity index (χ3n) is 2.28. The van der Waals surface area contributed by atoms with Gasteiger partial charge in [-0.05, 0) is 6.07 Å². The molecule has 0 atom stereocenters. The van der Waals surface area contributed by atoms with Crippen molar-refractivity contribution in [3.05, 3.63) is 42.5 Å². The number of hydrogen-bond donors (Lipinski definition) is 2. The minimum absolute atomic E-state index is 0.667. The first-order valence-electron chi connectivity index (χ1n) is 5.49. The van der Waals surface area contributed by atoms with Gasteiger partial charge in [0.05, 0.1) is 7.11 Å². The predicted octanol–water partition coefficient (Wildman–Crippen LogP) is 1.55. The van der Waals surface area contributed by atoms with Crippen molar-refractivity contribution < 1.29 is 4.74 Å². The maximum Gasteiger partial charge on any atom is 0.191 e. The molecule has 0 saturated heterocycles. The summed E-state index contributed by atoms with van der Waals surface area (Å²) in [4.78, 5) is 4.10. The summed E-state index contributed by atoms with van der Waals surface area (Å²) in [5.41, 5.74) is 1.09. The van der Waals surface area contributed by atoms with E-state index in [0.717, 1.165) is 17.3 Å². The van der Waals surface area contributed by atoms with Crippen molar-refractivity contribution in [1.29, 1.82) is 0 Å². The van der Waals surface area contributed by atoms with Gasteiger partial charge in [0.2, 0.25) is 0 Å². The molecule has 17 heavy (non-hydrogen) atoms. The highest BCUT2D eigenvalue weighted by Gasteiger charge is 2.02. The predicted molar refractivity (Wildman–Crippen MR) is 71.4 cm³/mol. The molecule has 0 fully saturated rings. The largest absolute Gasteiger partial charge is 0.496 e. The Morgan fingerprint density at radius 3 is 2.82 bits per heavy atom. The molecule has 0 heterocycles. The van der Waals surface area contributed by atoms with E-state index < -0.39 is 0 Å². The third-order valence-corrected chi connectivity index (χ3v) is 2.28. The van der Waals surface area contributed by atoms with Gasteiger partial charge in [-0.25, -0.2) is 0 Å². The fourth-order valence-electron chi connectivity index (χ4n) is 1.42. The number of hydrogen-bond acceptors (Lipinski definition) is 2. The van der Waals surface area contributed by atoms with Crippen LogP contribution in [0, 0.1) is 0 Å². The molecule has 0 radical (unpaired) electrons. The Labute approximate surface area is 102 Å². The molecule has 0 bridgehead atoms. The van der Waals surface area contributed by atoms with Crippen LogP contribution in [0.2, 0.25) is 0 Å². The maximum atomic E-state index is 5.28. The Morgan fingerprint density at radius 2 is 2.18 bits per heavy atom.